The van der Waals surface area contributed by atoms with Crippen LogP contribution in [0, 0.1) is 13.8 Å². The van der Waals surface area contributed by atoms with Gasteiger partial charge in [-0.3, -0.25) is 4.79 Å². The van der Waals surface area contributed by atoms with Crippen LogP contribution in [0.15, 0.2) is 12.1 Å². The molecule has 0 fully saturated rings. The quantitative estimate of drug-likeness (QED) is 0.665. The molecule has 1 aromatic carbocycles. The van der Waals surface area contributed by atoms with Crippen LogP contribution in [0.25, 0.3) is 0 Å². The fourth-order valence-electron chi connectivity index (χ4n) is 2.18. The van der Waals surface area contributed by atoms with E-state index in [1.54, 1.807) is 32.9 Å². The molecule has 0 aliphatic carbocycles. The van der Waals surface area contributed by atoms with E-state index < -0.39 is 18.2 Å². The number of rotatable bonds is 8. The zero-order valence-corrected chi connectivity index (χ0v) is 14.6. The highest BCUT2D eigenvalue weighted by atomic mass is 32.2. The molecule has 0 heterocycles. The number of benzene rings is 1. The third-order valence-corrected chi connectivity index (χ3v) is 4.06. The van der Waals surface area contributed by atoms with E-state index in [0.717, 1.165) is 0 Å². The van der Waals surface area contributed by atoms with Crippen molar-refractivity contribution in [3.63, 3.8) is 0 Å². The highest BCUT2D eigenvalue weighted by Gasteiger charge is 2.21. The van der Waals surface area contributed by atoms with E-state index in [4.69, 9.17) is 9.84 Å². The number of aryl methyl sites for hydroxylation is 2. The maximum absolute atomic E-state index is 12.2. The fourth-order valence-corrected chi connectivity index (χ4v) is 2.90. The number of nitrogens with one attached hydrogen (secondary N) is 1. The Kier molecular flexibility index (Phi) is 6.90. The first kappa shape index (κ1) is 19.3. The van der Waals surface area contributed by atoms with Crippen LogP contribution < -0.4 is 10.1 Å². The lowest BCUT2D eigenvalue weighted by Crippen LogP contribution is -2.42. The zero-order chi connectivity index (χ0) is 17.6. The summed E-state index contributed by atoms with van der Waals surface area (Å²) in [5, 5.41) is 21.5. The van der Waals surface area contributed by atoms with Gasteiger partial charge < -0.3 is 20.3 Å². The van der Waals surface area contributed by atoms with Crippen LogP contribution in [0.3, 0.4) is 0 Å². The standard InChI is InChI=1S/C16H23NO5S/c1-10-5-12(6-11(2)14(10)22-7-13(18)19)15(20)17-8-16(3,21)9-23-4/h5-6,21H,7-9H2,1-4H3,(H,17,20)(H,18,19). The molecular formula is C16H23NO5S. The Hall–Kier alpha value is -1.73. The number of hydrogen-bond acceptors (Lipinski definition) is 5. The second-order valence-electron chi connectivity index (χ2n) is 5.73. The second kappa shape index (κ2) is 8.21. The predicted octanol–water partition coefficient (Wildman–Crippen LogP) is 1.61. The topological polar surface area (TPSA) is 95.9 Å². The summed E-state index contributed by atoms with van der Waals surface area (Å²) < 4.78 is 5.24. The maximum atomic E-state index is 12.2. The number of ether oxygens (including phenoxy) is 1. The molecule has 0 aromatic heterocycles. The van der Waals surface area contributed by atoms with Crippen LogP contribution in [0.1, 0.15) is 28.4 Å². The molecule has 0 saturated carbocycles. The molecule has 6 nitrogen and oxygen atoms in total. The highest BCUT2D eigenvalue weighted by molar-refractivity contribution is 7.98. The van der Waals surface area contributed by atoms with Gasteiger partial charge in [-0.05, 0) is 50.3 Å². The Morgan fingerprint density at radius 2 is 1.87 bits per heavy atom. The van der Waals surface area contributed by atoms with Crippen molar-refractivity contribution in [2.24, 2.45) is 0 Å². The van der Waals surface area contributed by atoms with Crippen LogP contribution in [-0.2, 0) is 4.79 Å². The number of hydrogen-bond donors (Lipinski definition) is 3. The van der Waals surface area contributed by atoms with E-state index in [9.17, 15) is 14.7 Å². The zero-order valence-electron chi connectivity index (χ0n) is 13.8. The molecule has 0 radical (unpaired) electrons. The number of aliphatic carboxylic acids is 1. The lowest BCUT2D eigenvalue weighted by atomic mass is 10.0. The summed E-state index contributed by atoms with van der Waals surface area (Å²) in [6.07, 6.45) is 1.89. The van der Waals surface area contributed by atoms with Gasteiger partial charge in [-0.2, -0.15) is 11.8 Å². The lowest BCUT2D eigenvalue weighted by Gasteiger charge is -2.22. The van der Waals surface area contributed by atoms with Crippen molar-refractivity contribution >= 4 is 23.6 Å². The fraction of sp³-hybridized carbons (Fsp3) is 0.500. The van der Waals surface area contributed by atoms with Gasteiger partial charge in [0, 0.05) is 17.9 Å². The number of thioether (sulfide) groups is 1. The molecule has 3 N–H and O–H groups in total. The van der Waals surface area contributed by atoms with E-state index in [2.05, 4.69) is 5.32 Å². The summed E-state index contributed by atoms with van der Waals surface area (Å²) in [4.78, 5) is 22.8. The van der Waals surface area contributed by atoms with Gasteiger partial charge in [0.2, 0.25) is 0 Å². The third kappa shape index (κ3) is 6.11. The van der Waals surface area contributed by atoms with Gasteiger partial charge in [-0.1, -0.05) is 0 Å². The van der Waals surface area contributed by atoms with Gasteiger partial charge in [0.1, 0.15) is 5.75 Å². The molecule has 23 heavy (non-hydrogen) atoms. The summed E-state index contributed by atoms with van der Waals surface area (Å²) in [5.41, 5.74) is 0.853. The van der Waals surface area contributed by atoms with Crippen molar-refractivity contribution in [2.45, 2.75) is 26.4 Å². The minimum atomic E-state index is -1.05. The molecule has 128 valence electrons. The minimum Gasteiger partial charge on any atom is -0.481 e. The van der Waals surface area contributed by atoms with Gasteiger partial charge >= 0.3 is 5.97 Å². The SMILES string of the molecule is CSCC(C)(O)CNC(=O)c1cc(C)c(OCC(=O)O)c(C)c1. The molecule has 0 aliphatic rings. The van der Waals surface area contributed by atoms with Crippen LogP contribution in [-0.4, -0.2) is 52.9 Å². The Morgan fingerprint density at radius 3 is 2.35 bits per heavy atom. The number of carboxylic acids is 1. The number of carboxylic acid groups (broad SMARTS) is 1. The molecular weight excluding hydrogens is 318 g/mol. The number of amides is 1. The summed E-state index contributed by atoms with van der Waals surface area (Å²) in [6, 6.07) is 3.28. The second-order valence-corrected chi connectivity index (χ2v) is 6.60. The third-order valence-electron chi connectivity index (χ3n) is 3.15. The highest BCUT2D eigenvalue weighted by Crippen LogP contribution is 2.25. The molecule has 0 saturated heterocycles. The average molecular weight is 341 g/mol. The lowest BCUT2D eigenvalue weighted by molar-refractivity contribution is -0.139. The van der Waals surface area contributed by atoms with Crippen molar-refractivity contribution in [3.8, 4) is 5.75 Å². The molecule has 1 aromatic rings. The van der Waals surface area contributed by atoms with Crippen LogP contribution in [0.4, 0.5) is 0 Å². The molecule has 1 atom stereocenters. The molecule has 0 bridgehead atoms. The van der Waals surface area contributed by atoms with Gasteiger partial charge in [0.15, 0.2) is 6.61 Å². The minimum absolute atomic E-state index is 0.155. The van der Waals surface area contributed by atoms with E-state index in [-0.39, 0.29) is 12.5 Å². The van der Waals surface area contributed by atoms with Gasteiger partial charge in [0.05, 0.1) is 5.60 Å². The van der Waals surface area contributed by atoms with Gasteiger partial charge in [-0.15, -0.1) is 0 Å². The molecule has 7 heteroatoms. The number of carbonyl (C=O) groups is 2. The first-order chi connectivity index (χ1) is 10.7. The summed E-state index contributed by atoms with van der Waals surface area (Å²) in [6.45, 7) is 4.91. The van der Waals surface area contributed by atoms with Gasteiger partial charge in [0.25, 0.3) is 5.91 Å². The normalized spacial score (nSPS) is 13.3. The number of carbonyl (C=O) groups excluding carboxylic acids is 1. The molecule has 1 amide bonds. The molecule has 1 unspecified atom stereocenters. The molecule has 1 rings (SSSR count). The number of aliphatic hydroxyl groups is 1. The Morgan fingerprint density at radius 1 is 1.30 bits per heavy atom. The monoisotopic (exact) mass is 341 g/mol. The van der Waals surface area contributed by atoms with Crippen LogP contribution >= 0.6 is 11.8 Å². The van der Waals surface area contributed by atoms with E-state index in [1.165, 1.54) is 11.8 Å². The smallest absolute Gasteiger partial charge is 0.341 e. The predicted molar refractivity (Wildman–Crippen MR) is 90.4 cm³/mol. The Balaban J connectivity index is 2.81. The summed E-state index contributed by atoms with van der Waals surface area (Å²) >= 11 is 1.50. The van der Waals surface area contributed by atoms with Gasteiger partial charge in [-0.25, -0.2) is 4.79 Å². The summed E-state index contributed by atoms with van der Waals surface area (Å²) in [7, 11) is 0. The van der Waals surface area contributed by atoms with Crippen molar-refractivity contribution < 1.29 is 24.5 Å². The Bertz CT molecular complexity index is 563. The van der Waals surface area contributed by atoms with Crippen LogP contribution in [0.2, 0.25) is 0 Å². The van der Waals surface area contributed by atoms with E-state index in [0.29, 0.717) is 28.2 Å². The first-order valence-corrected chi connectivity index (χ1v) is 8.51. The van der Waals surface area contributed by atoms with Crippen molar-refractivity contribution in [1.29, 1.82) is 0 Å². The first-order valence-electron chi connectivity index (χ1n) is 7.11. The summed E-state index contributed by atoms with van der Waals surface area (Å²) in [5.74, 6) is -0.352. The average Bonchev–Trinajstić information content (AvgIpc) is 2.43. The Labute approximate surface area is 140 Å². The molecule has 0 aliphatic heterocycles. The van der Waals surface area contributed by atoms with E-state index in [1.807, 2.05) is 6.26 Å². The molecule has 0 spiro atoms. The van der Waals surface area contributed by atoms with Crippen molar-refractivity contribution in [3.05, 3.63) is 28.8 Å². The largest absolute Gasteiger partial charge is 0.481 e. The van der Waals surface area contributed by atoms with E-state index >= 15 is 0 Å². The van der Waals surface area contributed by atoms with Crippen LogP contribution in [0.5, 0.6) is 5.75 Å². The maximum Gasteiger partial charge on any atom is 0.341 e. The van der Waals surface area contributed by atoms with Crippen molar-refractivity contribution in [1.82, 2.24) is 5.32 Å². The van der Waals surface area contributed by atoms with Crippen molar-refractivity contribution in [2.75, 3.05) is 25.2 Å².